The molecule has 4 rings (SSSR count). The van der Waals surface area contributed by atoms with Crippen molar-refractivity contribution in [3.63, 3.8) is 0 Å². The molecule has 0 unspecified atom stereocenters. The highest BCUT2D eigenvalue weighted by atomic mass is 16.5. The number of carbonyl (C=O) groups excluding carboxylic acids is 1. The summed E-state index contributed by atoms with van der Waals surface area (Å²) < 4.78 is 13.2. The molecule has 0 amide bonds. The smallest absolute Gasteiger partial charge is 0.330 e. The van der Waals surface area contributed by atoms with E-state index in [0.717, 1.165) is 23.3 Å². The second-order valence-corrected chi connectivity index (χ2v) is 7.47. The van der Waals surface area contributed by atoms with Crippen LogP contribution in [0.2, 0.25) is 0 Å². The zero-order valence-electron chi connectivity index (χ0n) is 18.1. The molecule has 4 aromatic rings. The topological polar surface area (TPSA) is 53.4 Å². The van der Waals surface area contributed by atoms with Crippen LogP contribution in [-0.4, -0.2) is 28.7 Å². The van der Waals surface area contributed by atoms with Gasteiger partial charge < -0.3 is 14.0 Å². The molecule has 3 aromatic carbocycles. The first-order chi connectivity index (χ1) is 15.7. The Morgan fingerprint density at radius 3 is 2.69 bits per heavy atom. The van der Waals surface area contributed by atoms with Crippen LogP contribution in [0.3, 0.4) is 0 Å². The first kappa shape index (κ1) is 21.4. The second kappa shape index (κ2) is 10.4. The summed E-state index contributed by atoms with van der Waals surface area (Å²) in [7, 11) is 0. The number of fused-ring (bicyclic) bond motifs is 1. The molecule has 0 saturated heterocycles. The fourth-order valence-electron chi connectivity index (χ4n) is 3.55. The highest BCUT2D eigenvalue weighted by Gasteiger charge is 2.06. The molecule has 0 fully saturated rings. The van der Waals surface area contributed by atoms with E-state index in [1.165, 1.54) is 22.4 Å². The third-order valence-electron chi connectivity index (χ3n) is 5.15. The molecule has 32 heavy (non-hydrogen) atoms. The Hall–Kier alpha value is -3.86. The van der Waals surface area contributed by atoms with E-state index < -0.39 is 0 Å². The van der Waals surface area contributed by atoms with Crippen molar-refractivity contribution in [3.8, 4) is 5.75 Å². The maximum absolute atomic E-state index is 11.8. The number of ether oxygens (including phenoxy) is 2. The molecule has 5 heteroatoms. The van der Waals surface area contributed by atoms with Crippen molar-refractivity contribution in [1.82, 2.24) is 9.55 Å². The monoisotopic (exact) mass is 426 g/mol. The van der Waals surface area contributed by atoms with Crippen LogP contribution in [0.1, 0.15) is 23.6 Å². The van der Waals surface area contributed by atoms with Crippen molar-refractivity contribution in [1.29, 1.82) is 0 Å². The molecule has 5 nitrogen and oxygen atoms in total. The van der Waals surface area contributed by atoms with Crippen molar-refractivity contribution < 1.29 is 14.3 Å². The van der Waals surface area contributed by atoms with Crippen LogP contribution in [0.4, 0.5) is 0 Å². The predicted molar refractivity (Wildman–Crippen MR) is 127 cm³/mol. The molecular weight excluding hydrogens is 400 g/mol. The SMILES string of the molecule is CCOC(=O)C=Cc1ccc(Cn2ccnc2)cc1OCCc1ccc2ccccc2c1. The summed E-state index contributed by atoms with van der Waals surface area (Å²) in [6, 6.07) is 20.8. The molecular formula is C27H26N2O3. The van der Waals surface area contributed by atoms with Crippen LogP contribution in [0.5, 0.6) is 5.75 Å². The lowest BCUT2D eigenvalue weighted by molar-refractivity contribution is -0.137. The fourth-order valence-corrected chi connectivity index (χ4v) is 3.55. The van der Waals surface area contributed by atoms with Gasteiger partial charge in [0.1, 0.15) is 5.75 Å². The van der Waals surface area contributed by atoms with Gasteiger partial charge in [0.2, 0.25) is 0 Å². The Bertz CT molecular complexity index is 1210. The van der Waals surface area contributed by atoms with E-state index in [-0.39, 0.29) is 5.97 Å². The molecule has 0 saturated carbocycles. The van der Waals surface area contributed by atoms with Crippen LogP contribution in [-0.2, 0) is 22.5 Å². The first-order valence-electron chi connectivity index (χ1n) is 10.8. The zero-order chi connectivity index (χ0) is 22.2. The summed E-state index contributed by atoms with van der Waals surface area (Å²) >= 11 is 0. The number of esters is 1. The summed E-state index contributed by atoms with van der Waals surface area (Å²) in [6.07, 6.45) is 9.44. The molecule has 1 aromatic heterocycles. The van der Waals surface area contributed by atoms with E-state index in [9.17, 15) is 4.79 Å². The number of nitrogens with zero attached hydrogens (tertiary/aromatic N) is 2. The average Bonchev–Trinajstić information content (AvgIpc) is 3.32. The van der Waals surface area contributed by atoms with E-state index in [4.69, 9.17) is 9.47 Å². The Kier molecular flexibility index (Phi) is 6.98. The van der Waals surface area contributed by atoms with Gasteiger partial charge >= 0.3 is 5.97 Å². The summed E-state index contributed by atoms with van der Waals surface area (Å²) in [4.78, 5) is 15.9. The molecule has 0 aliphatic heterocycles. The number of benzene rings is 3. The van der Waals surface area contributed by atoms with Crippen molar-refractivity contribution >= 4 is 22.8 Å². The normalized spacial score (nSPS) is 11.2. The van der Waals surface area contributed by atoms with Crippen molar-refractivity contribution in [2.75, 3.05) is 13.2 Å². The van der Waals surface area contributed by atoms with Gasteiger partial charge in [-0.3, -0.25) is 0 Å². The lowest BCUT2D eigenvalue weighted by Gasteiger charge is -2.12. The quantitative estimate of drug-likeness (QED) is 0.270. The van der Waals surface area contributed by atoms with Crippen LogP contribution in [0.25, 0.3) is 16.8 Å². The van der Waals surface area contributed by atoms with Crippen LogP contribution >= 0.6 is 0 Å². The van der Waals surface area contributed by atoms with Crippen molar-refractivity contribution in [2.45, 2.75) is 19.9 Å². The standard InChI is InChI=1S/C27H26N2O3/c1-2-31-27(30)12-11-24-10-8-22(19-29-15-14-28-20-29)18-26(24)32-16-13-21-7-9-23-5-3-4-6-25(23)17-21/h3-12,14-15,17-18,20H,2,13,16,19H2,1H3. The molecule has 0 atom stereocenters. The summed E-state index contributed by atoms with van der Waals surface area (Å²) in [5, 5.41) is 2.46. The molecule has 0 bridgehead atoms. The van der Waals surface area contributed by atoms with E-state index in [0.29, 0.717) is 19.8 Å². The van der Waals surface area contributed by atoms with Gasteiger partial charge in [0.25, 0.3) is 0 Å². The molecule has 1 heterocycles. The average molecular weight is 427 g/mol. The fraction of sp³-hybridized carbons (Fsp3) is 0.185. The second-order valence-electron chi connectivity index (χ2n) is 7.47. The van der Waals surface area contributed by atoms with Gasteiger partial charge in [0.05, 0.1) is 19.5 Å². The van der Waals surface area contributed by atoms with Gasteiger partial charge in [-0.05, 0) is 41.0 Å². The summed E-state index contributed by atoms with van der Waals surface area (Å²) in [5.74, 6) is 0.376. The summed E-state index contributed by atoms with van der Waals surface area (Å²) in [5.41, 5.74) is 3.16. The number of aromatic nitrogens is 2. The largest absolute Gasteiger partial charge is 0.493 e. The van der Waals surface area contributed by atoms with Crippen LogP contribution in [0.15, 0.2) is 85.5 Å². The third kappa shape index (κ3) is 5.64. The van der Waals surface area contributed by atoms with Crippen LogP contribution in [0, 0.1) is 0 Å². The third-order valence-corrected chi connectivity index (χ3v) is 5.15. The summed E-state index contributed by atoms with van der Waals surface area (Å²) in [6.45, 7) is 3.37. The van der Waals surface area contributed by atoms with E-state index in [1.807, 2.05) is 35.0 Å². The Balaban J connectivity index is 1.49. The lowest BCUT2D eigenvalue weighted by atomic mass is 10.1. The van der Waals surface area contributed by atoms with Gasteiger partial charge in [0.15, 0.2) is 0 Å². The highest BCUT2D eigenvalue weighted by molar-refractivity contribution is 5.87. The maximum Gasteiger partial charge on any atom is 0.330 e. The number of hydrogen-bond acceptors (Lipinski definition) is 4. The van der Waals surface area contributed by atoms with Crippen molar-refractivity contribution in [3.05, 3.63) is 102 Å². The van der Waals surface area contributed by atoms with Gasteiger partial charge in [-0.2, -0.15) is 0 Å². The maximum atomic E-state index is 11.8. The molecule has 0 aliphatic carbocycles. The Morgan fingerprint density at radius 2 is 1.88 bits per heavy atom. The Labute approximate surface area is 187 Å². The number of carbonyl (C=O) groups is 1. The van der Waals surface area contributed by atoms with Crippen LogP contribution < -0.4 is 4.74 Å². The molecule has 0 spiro atoms. The number of hydrogen-bond donors (Lipinski definition) is 0. The van der Waals surface area contributed by atoms with E-state index in [1.54, 1.807) is 25.5 Å². The molecule has 0 radical (unpaired) electrons. The van der Waals surface area contributed by atoms with Gasteiger partial charge in [-0.1, -0.05) is 54.6 Å². The highest BCUT2D eigenvalue weighted by Crippen LogP contribution is 2.24. The molecule has 0 aliphatic rings. The lowest BCUT2D eigenvalue weighted by Crippen LogP contribution is -2.04. The minimum absolute atomic E-state index is 0.349. The van der Waals surface area contributed by atoms with Crippen molar-refractivity contribution in [2.24, 2.45) is 0 Å². The number of imidazole rings is 1. The Morgan fingerprint density at radius 1 is 1.03 bits per heavy atom. The van der Waals surface area contributed by atoms with Gasteiger partial charge in [-0.25, -0.2) is 9.78 Å². The van der Waals surface area contributed by atoms with Gasteiger partial charge in [-0.15, -0.1) is 0 Å². The predicted octanol–water partition coefficient (Wildman–Crippen LogP) is 5.28. The van der Waals surface area contributed by atoms with E-state index >= 15 is 0 Å². The minimum Gasteiger partial charge on any atom is -0.493 e. The first-order valence-corrected chi connectivity index (χ1v) is 10.8. The molecule has 0 N–H and O–H groups in total. The minimum atomic E-state index is -0.364. The van der Waals surface area contributed by atoms with E-state index in [2.05, 4.69) is 41.4 Å². The zero-order valence-corrected chi connectivity index (χ0v) is 18.1. The van der Waals surface area contributed by atoms with Gasteiger partial charge in [0, 0.05) is 37.0 Å². The number of rotatable bonds is 9. The molecule has 162 valence electrons.